The Hall–Kier alpha value is -3.09. The largest absolute Gasteiger partial charge is 0.378 e. The lowest BCUT2D eigenvalue weighted by Gasteiger charge is -2.18. The SMILES string of the molecule is Cc1ccc(Cl)cc1N1C(=O)C(Nc2ccc(N(C)C)cc2)=C(c2cccs2)C1=O. The maximum absolute atomic E-state index is 13.4. The van der Waals surface area contributed by atoms with Crippen LogP contribution in [0, 0.1) is 6.92 Å². The molecule has 0 atom stereocenters. The molecule has 3 aromatic rings. The van der Waals surface area contributed by atoms with Crippen LogP contribution in [0.4, 0.5) is 17.1 Å². The van der Waals surface area contributed by atoms with Crippen molar-refractivity contribution in [2.24, 2.45) is 0 Å². The molecule has 0 fully saturated rings. The van der Waals surface area contributed by atoms with Crippen LogP contribution in [0.5, 0.6) is 0 Å². The van der Waals surface area contributed by atoms with Gasteiger partial charge >= 0.3 is 0 Å². The van der Waals surface area contributed by atoms with Gasteiger partial charge in [-0.1, -0.05) is 23.7 Å². The molecule has 7 heteroatoms. The molecule has 5 nitrogen and oxygen atoms in total. The molecule has 4 rings (SSSR count). The number of imide groups is 1. The Balaban J connectivity index is 1.77. The van der Waals surface area contributed by atoms with Gasteiger partial charge in [-0.3, -0.25) is 9.59 Å². The molecule has 1 N–H and O–H groups in total. The first kappa shape index (κ1) is 20.2. The van der Waals surface area contributed by atoms with E-state index in [1.807, 2.05) is 67.7 Å². The van der Waals surface area contributed by atoms with Crippen molar-refractivity contribution in [3.63, 3.8) is 0 Å². The first-order valence-electron chi connectivity index (χ1n) is 9.34. The van der Waals surface area contributed by atoms with Gasteiger partial charge in [-0.2, -0.15) is 0 Å². The van der Waals surface area contributed by atoms with Gasteiger partial charge in [0.25, 0.3) is 11.8 Å². The third-order valence-electron chi connectivity index (χ3n) is 4.92. The van der Waals surface area contributed by atoms with Gasteiger partial charge in [-0.15, -0.1) is 11.3 Å². The third-order valence-corrected chi connectivity index (χ3v) is 6.04. The highest BCUT2D eigenvalue weighted by atomic mass is 35.5. The summed E-state index contributed by atoms with van der Waals surface area (Å²) in [6.07, 6.45) is 0. The van der Waals surface area contributed by atoms with Crippen LogP contribution in [0.15, 0.2) is 65.7 Å². The zero-order chi connectivity index (χ0) is 21.4. The zero-order valence-corrected chi connectivity index (χ0v) is 18.3. The van der Waals surface area contributed by atoms with E-state index in [4.69, 9.17) is 11.6 Å². The molecule has 0 unspecified atom stereocenters. The predicted octanol–water partition coefficient (Wildman–Crippen LogP) is 5.17. The quantitative estimate of drug-likeness (QED) is 0.559. The molecule has 30 heavy (non-hydrogen) atoms. The maximum atomic E-state index is 13.4. The number of rotatable bonds is 5. The van der Waals surface area contributed by atoms with Crippen LogP contribution in [0.3, 0.4) is 0 Å². The second-order valence-corrected chi connectivity index (χ2v) is 8.55. The van der Waals surface area contributed by atoms with E-state index in [-0.39, 0.29) is 11.6 Å². The number of benzene rings is 2. The summed E-state index contributed by atoms with van der Waals surface area (Å²) in [6.45, 7) is 1.85. The van der Waals surface area contributed by atoms with Crippen molar-refractivity contribution >= 4 is 57.4 Å². The Labute approximate surface area is 184 Å². The minimum absolute atomic E-state index is 0.263. The monoisotopic (exact) mass is 437 g/mol. The third kappa shape index (κ3) is 3.60. The van der Waals surface area contributed by atoms with Crippen molar-refractivity contribution in [2.75, 3.05) is 29.2 Å². The Kier molecular flexibility index (Phi) is 5.37. The molecule has 0 radical (unpaired) electrons. The lowest BCUT2D eigenvalue weighted by atomic mass is 10.1. The summed E-state index contributed by atoms with van der Waals surface area (Å²) in [4.78, 5) is 30.7. The van der Waals surface area contributed by atoms with Crippen LogP contribution < -0.4 is 15.1 Å². The highest BCUT2D eigenvalue weighted by Crippen LogP contribution is 2.37. The summed E-state index contributed by atoms with van der Waals surface area (Å²) < 4.78 is 0. The maximum Gasteiger partial charge on any atom is 0.282 e. The molecule has 0 aliphatic carbocycles. The number of hydrogen-bond donors (Lipinski definition) is 1. The summed E-state index contributed by atoms with van der Waals surface area (Å²) in [5.41, 5.74) is 3.69. The molecular formula is C23H20ClN3O2S. The first-order chi connectivity index (χ1) is 14.4. The van der Waals surface area contributed by atoms with E-state index in [1.165, 1.54) is 16.2 Å². The normalized spacial score (nSPS) is 13.9. The fourth-order valence-corrected chi connectivity index (χ4v) is 4.26. The van der Waals surface area contributed by atoms with E-state index >= 15 is 0 Å². The van der Waals surface area contributed by atoms with E-state index in [0.717, 1.165) is 21.8 Å². The fraction of sp³-hybridized carbons (Fsp3) is 0.130. The van der Waals surface area contributed by atoms with Crippen LogP contribution in [-0.4, -0.2) is 25.9 Å². The van der Waals surface area contributed by atoms with Gasteiger partial charge in [0.15, 0.2) is 0 Å². The van der Waals surface area contributed by atoms with Gasteiger partial charge < -0.3 is 10.2 Å². The van der Waals surface area contributed by atoms with Crippen molar-refractivity contribution in [1.82, 2.24) is 0 Å². The van der Waals surface area contributed by atoms with E-state index in [9.17, 15) is 9.59 Å². The number of halogens is 1. The minimum Gasteiger partial charge on any atom is -0.378 e. The van der Waals surface area contributed by atoms with Gasteiger partial charge in [0.2, 0.25) is 0 Å². The molecule has 152 valence electrons. The standard InChI is InChI=1S/C23H20ClN3O2S/c1-14-6-7-15(24)13-18(14)27-22(28)20(19-5-4-12-30-19)21(23(27)29)25-16-8-10-17(11-9-16)26(2)3/h4-13,25H,1-3H3. The number of aryl methyl sites for hydroxylation is 1. The molecule has 1 aromatic heterocycles. The van der Waals surface area contributed by atoms with E-state index in [2.05, 4.69) is 5.32 Å². The van der Waals surface area contributed by atoms with Crippen molar-refractivity contribution < 1.29 is 9.59 Å². The van der Waals surface area contributed by atoms with Crippen LogP contribution in [0.2, 0.25) is 5.02 Å². The van der Waals surface area contributed by atoms with Crippen molar-refractivity contribution in [3.8, 4) is 0 Å². The number of carbonyl (C=O) groups is 2. The smallest absolute Gasteiger partial charge is 0.282 e. The van der Waals surface area contributed by atoms with Crippen LogP contribution in [-0.2, 0) is 9.59 Å². The average molecular weight is 438 g/mol. The molecule has 2 heterocycles. The molecule has 2 amide bonds. The number of carbonyl (C=O) groups excluding carboxylic acids is 2. The lowest BCUT2D eigenvalue weighted by Crippen LogP contribution is -2.33. The number of amides is 2. The second kappa shape index (κ2) is 7.97. The number of hydrogen-bond acceptors (Lipinski definition) is 5. The second-order valence-electron chi connectivity index (χ2n) is 7.17. The Morgan fingerprint density at radius 2 is 1.73 bits per heavy atom. The zero-order valence-electron chi connectivity index (χ0n) is 16.8. The number of nitrogens with zero attached hydrogens (tertiary/aromatic N) is 2. The van der Waals surface area contributed by atoms with Crippen LogP contribution >= 0.6 is 22.9 Å². The van der Waals surface area contributed by atoms with E-state index < -0.39 is 5.91 Å². The fourth-order valence-electron chi connectivity index (χ4n) is 3.32. The summed E-state index contributed by atoms with van der Waals surface area (Å²) in [7, 11) is 3.93. The molecule has 0 spiro atoms. The molecule has 0 saturated carbocycles. The highest BCUT2D eigenvalue weighted by molar-refractivity contribution is 7.11. The molecule has 1 aliphatic rings. The summed E-state index contributed by atoms with van der Waals surface area (Å²) in [5, 5.41) is 5.54. The molecule has 1 aliphatic heterocycles. The van der Waals surface area contributed by atoms with E-state index in [1.54, 1.807) is 18.2 Å². The van der Waals surface area contributed by atoms with Gasteiger partial charge in [-0.05, 0) is 60.3 Å². The van der Waals surface area contributed by atoms with Gasteiger partial charge in [0.05, 0.1) is 11.3 Å². The number of anilines is 3. The number of nitrogens with one attached hydrogen (secondary N) is 1. The molecular weight excluding hydrogens is 418 g/mol. The summed E-state index contributed by atoms with van der Waals surface area (Å²) >= 11 is 7.57. The van der Waals surface area contributed by atoms with Crippen molar-refractivity contribution in [3.05, 3.63) is 81.1 Å². The Morgan fingerprint density at radius 3 is 2.37 bits per heavy atom. The van der Waals surface area contributed by atoms with Crippen molar-refractivity contribution in [1.29, 1.82) is 0 Å². The van der Waals surface area contributed by atoms with E-state index in [0.29, 0.717) is 16.3 Å². The summed E-state index contributed by atoms with van der Waals surface area (Å²) in [6, 6.07) is 16.6. The summed E-state index contributed by atoms with van der Waals surface area (Å²) in [5.74, 6) is -0.759. The molecule has 0 saturated heterocycles. The topological polar surface area (TPSA) is 52.7 Å². The highest BCUT2D eigenvalue weighted by Gasteiger charge is 2.41. The minimum atomic E-state index is -0.398. The Bertz CT molecular complexity index is 1150. The van der Waals surface area contributed by atoms with Crippen LogP contribution in [0.1, 0.15) is 10.4 Å². The molecule has 0 bridgehead atoms. The molecule has 2 aromatic carbocycles. The average Bonchev–Trinajstić information content (AvgIpc) is 3.32. The first-order valence-corrected chi connectivity index (χ1v) is 10.6. The van der Waals surface area contributed by atoms with Crippen molar-refractivity contribution in [2.45, 2.75) is 6.92 Å². The Morgan fingerprint density at radius 1 is 1.00 bits per heavy atom. The number of thiophene rings is 1. The van der Waals surface area contributed by atoms with Gasteiger partial charge in [0, 0.05) is 35.4 Å². The van der Waals surface area contributed by atoms with Gasteiger partial charge in [0.1, 0.15) is 5.70 Å². The predicted molar refractivity (Wildman–Crippen MR) is 124 cm³/mol. The van der Waals surface area contributed by atoms with Crippen LogP contribution in [0.25, 0.3) is 5.57 Å². The van der Waals surface area contributed by atoms with Gasteiger partial charge in [-0.25, -0.2) is 4.90 Å². The lowest BCUT2D eigenvalue weighted by molar-refractivity contribution is -0.120.